The minimum absolute atomic E-state index is 0.0466. The molecule has 1 aliphatic heterocycles. The smallest absolute Gasteiger partial charge is 0.248 e. The molecule has 7 nitrogen and oxygen atoms in total. The van der Waals surface area contributed by atoms with Crippen molar-refractivity contribution >= 4 is 27.7 Å². The van der Waals surface area contributed by atoms with Gasteiger partial charge in [0.05, 0.1) is 5.75 Å². The SMILES string of the molecule is Cc1noc(C)c1S(=O)(=O)N1CCN(C(=O)CSCc2ccccc2)CC1. The zero-order chi connectivity index (χ0) is 19.4. The number of hydrogen-bond acceptors (Lipinski definition) is 6. The van der Waals surface area contributed by atoms with E-state index in [-0.39, 0.29) is 23.9 Å². The van der Waals surface area contributed by atoms with E-state index in [0.29, 0.717) is 30.3 Å². The van der Waals surface area contributed by atoms with Crippen molar-refractivity contribution < 1.29 is 17.7 Å². The van der Waals surface area contributed by atoms with Crippen molar-refractivity contribution in [3.63, 3.8) is 0 Å². The summed E-state index contributed by atoms with van der Waals surface area (Å²) >= 11 is 1.57. The first-order valence-electron chi connectivity index (χ1n) is 8.72. The predicted molar refractivity (Wildman–Crippen MR) is 104 cm³/mol. The van der Waals surface area contributed by atoms with E-state index in [1.807, 2.05) is 30.3 Å². The Morgan fingerprint density at radius 1 is 1.15 bits per heavy atom. The molecule has 2 heterocycles. The van der Waals surface area contributed by atoms with Crippen molar-refractivity contribution in [3.05, 3.63) is 47.3 Å². The van der Waals surface area contributed by atoms with Crippen LogP contribution in [0.2, 0.25) is 0 Å². The fourth-order valence-corrected chi connectivity index (χ4v) is 5.67. The van der Waals surface area contributed by atoms with Gasteiger partial charge in [-0.3, -0.25) is 4.79 Å². The first kappa shape index (κ1) is 19.9. The molecule has 9 heteroatoms. The maximum absolute atomic E-state index is 12.8. The lowest BCUT2D eigenvalue weighted by atomic mass is 10.2. The van der Waals surface area contributed by atoms with Crippen molar-refractivity contribution in [2.75, 3.05) is 31.9 Å². The summed E-state index contributed by atoms with van der Waals surface area (Å²) in [7, 11) is -3.65. The van der Waals surface area contributed by atoms with Gasteiger partial charge < -0.3 is 9.42 Å². The Morgan fingerprint density at radius 3 is 2.41 bits per heavy atom. The molecule has 1 fully saturated rings. The number of carbonyl (C=O) groups excluding carboxylic acids is 1. The van der Waals surface area contributed by atoms with E-state index in [2.05, 4.69) is 5.16 Å². The molecule has 0 radical (unpaired) electrons. The minimum atomic E-state index is -3.65. The van der Waals surface area contributed by atoms with Gasteiger partial charge in [0.1, 0.15) is 10.6 Å². The van der Waals surface area contributed by atoms with Crippen LogP contribution >= 0.6 is 11.8 Å². The van der Waals surface area contributed by atoms with E-state index in [1.165, 1.54) is 9.87 Å². The monoisotopic (exact) mass is 409 g/mol. The molecule has 0 bridgehead atoms. The van der Waals surface area contributed by atoms with Gasteiger partial charge in [0.25, 0.3) is 0 Å². The topological polar surface area (TPSA) is 83.7 Å². The predicted octanol–water partition coefficient (Wildman–Crippen LogP) is 2.06. The Labute approximate surface area is 163 Å². The molecule has 0 atom stereocenters. The first-order valence-corrected chi connectivity index (χ1v) is 11.3. The first-order chi connectivity index (χ1) is 12.9. The standard InChI is InChI=1S/C18H23N3O4S2/c1-14-18(15(2)25-19-14)27(23,24)21-10-8-20(9-11-21)17(22)13-26-12-16-6-4-3-5-7-16/h3-7H,8-13H2,1-2H3. The third kappa shape index (κ3) is 4.53. The highest BCUT2D eigenvalue weighted by Crippen LogP contribution is 2.24. The van der Waals surface area contributed by atoms with Gasteiger partial charge in [-0.05, 0) is 19.4 Å². The molecule has 1 aromatic heterocycles. The van der Waals surface area contributed by atoms with Gasteiger partial charge in [-0.25, -0.2) is 8.42 Å². The van der Waals surface area contributed by atoms with E-state index in [4.69, 9.17) is 4.52 Å². The maximum Gasteiger partial charge on any atom is 0.248 e. The molecule has 1 aromatic carbocycles. The van der Waals surface area contributed by atoms with Gasteiger partial charge in [0.15, 0.2) is 5.76 Å². The molecule has 2 aromatic rings. The number of thioether (sulfide) groups is 1. The number of aromatic nitrogens is 1. The number of nitrogens with zero attached hydrogens (tertiary/aromatic N) is 3. The average molecular weight is 410 g/mol. The number of sulfonamides is 1. The van der Waals surface area contributed by atoms with Gasteiger partial charge in [0, 0.05) is 31.9 Å². The Bertz CT molecular complexity index is 869. The molecular weight excluding hydrogens is 386 g/mol. The Hall–Kier alpha value is -1.84. The highest BCUT2D eigenvalue weighted by molar-refractivity contribution is 7.99. The van der Waals surface area contributed by atoms with Crippen LogP contribution in [0.1, 0.15) is 17.0 Å². The summed E-state index contributed by atoms with van der Waals surface area (Å²) in [5, 5.41) is 3.73. The van der Waals surface area contributed by atoms with E-state index in [9.17, 15) is 13.2 Å². The highest BCUT2D eigenvalue weighted by atomic mass is 32.2. The van der Waals surface area contributed by atoms with Crippen LogP contribution < -0.4 is 0 Å². The maximum atomic E-state index is 12.8. The molecule has 0 unspecified atom stereocenters. The quantitative estimate of drug-likeness (QED) is 0.726. The van der Waals surface area contributed by atoms with Crippen molar-refractivity contribution in [2.24, 2.45) is 0 Å². The summed E-state index contributed by atoms with van der Waals surface area (Å²) in [6, 6.07) is 10.0. The van der Waals surface area contributed by atoms with E-state index in [0.717, 1.165) is 5.75 Å². The van der Waals surface area contributed by atoms with Crippen LogP contribution in [-0.2, 0) is 20.6 Å². The van der Waals surface area contributed by atoms with Gasteiger partial charge in [-0.15, -0.1) is 11.8 Å². The van der Waals surface area contributed by atoms with Crippen LogP contribution in [0.5, 0.6) is 0 Å². The van der Waals surface area contributed by atoms with Crippen LogP contribution in [0.15, 0.2) is 39.8 Å². The summed E-state index contributed by atoms with van der Waals surface area (Å²) in [6.45, 7) is 4.56. The lowest BCUT2D eigenvalue weighted by molar-refractivity contribution is -0.129. The zero-order valence-electron chi connectivity index (χ0n) is 15.4. The molecule has 1 aliphatic rings. The van der Waals surface area contributed by atoms with E-state index in [1.54, 1.807) is 30.5 Å². The van der Waals surface area contributed by atoms with Crippen LogP contribution in [0.4, 0.5) is 0 Å². The largest absolute Gasteiger partial charge is 0.360 e. The van der Waals surface area contributed by atoms with Gasteiger partial charge in [-0.1, -0.05) is 35.5 Å². The second-order valence-electron chi connectivity index (χ2n) is 6.42. The van der Waals surface area contributed by atoms with Crippen molar-refractivity contribution in [3.8, 4) is 0 Å². The van der Waals surface area contributed by atoms with E-state index >= 15 is 0 Å². The van der Waals surface area contributed by atoms with Crippen molar-refractivity contribution in [1.82, 2.24) is 14.4 Å². The molecule has 0 aliphatic carbocycles. The number of rotatable bonds is 6. The third-order valence-electron chi connectivity index (χ3n) is 4.49. The summed E-state index contributed by atoms with van der Waals surface area (Å²) in [5.74, 6) is 1.52. The summed E-state index contributed by atoms with van der Waals surface area (Å²) < 4.78 is 32.0. The van der Waals surface area contributed by atoms with E-state index < -0.39 is 10.0 Å². The van der Waals surface area contributed by atoms with Crippen LogP contribution in [-0.4, -0.2) is 60.6 Å². The second-order valence-corrected chi connectivity index (χ2v) is 9.28. The molecule has 0 N–H and O–H groups in total. The number of piperazine rings is 1. The molecule has 146 valence electrons. The number of aryl methyl sites for hydroxylation is 2. The summed E-state index contributed by atoms with van der Waals surface area (Å²) in [5.41, 5.74) is 1.55. The van der Waals surface area contributed by atoms with Crippen LogP contribution in [0.3, 0.4) is 0 Å². The lowest BCUT2D eigenvalue weighted by Gasteiger charge is -2.33. The molecule has 0 saturated carbocycles. The Balaban J connectivity index is 1.52. The van der Waals surface area contributed by atoms with Gasteiger partial charge in [-0.2, -0.15) is 4.31 Å². The second kappa shape index (κ2) is 8.45. The third-order valence-corrected chi connectivity index (χ3v) is 7.63. The molecule has 0 spiro atoms. The fourth-order valence-electron chi connectivity index (χ4n) is 3.07. The Kier molecular flexibility index (Phi) is 6.23. The van der Waals surface area contributed by atoms with Gasteiger partial charge in [0.2, 0.25) is 15.9 Å². The zero-order valence-corrected chi connectivity index (χ0v) is 17.1. The fraction of sp³-hybridized carbons (Fsp3) is 0.444. The van der Waals surface area contributed by atoms with Crippen LogP contribution in [0.25, 0.3) is 0 Å². The van der Waals surface area contributed by atoms with Crippen molar-refractivity contribution in [1.29, 1.82) is 0 Å². The van der Waals surface area contributed by atoms with Gasteiger partial charge >= 0.3 is 0 Å². The molecule has 27 heavy (non-hydrogen) atoms. The minimum Gasteiger partial charge on any atom is -0.360 e. The summed E-state index contributed by atoms with van der Waals surface area (Å²) in [6.07, 6.45) is 0. The molecular formula is C18H23N3O4S2. The molecule has 1 amide bonds. The van der Waals surface area contributed by atoms with Crippen molar-refractivity contribution in [2.45, 2.75) is 24.5 Å². The summed E-state index contributed by atoms with van der Waals surface area (Å²) in [4.78, 5) is 14.3. The number of amides is 1. The van der Waals surface area contributed by atoms with Crippen LogP contribution in [0, 0.1) is 13.8 Å². The normalized spacial score (nSPS) is 15.9. The number of hydrogen-bond donors (Lipinski definition) is 0. The highest BCUT2D eigenvalue weighted by Gasteiger charge is 2.34. The molecule has 1 saturated heterocycles. The molecule has 3 rings (SSSR count). The average Bonchev–Trinajstić information content (AvgIpc) is 3.01. The number of benzene rings is 1. The number of carbonyl (C=O) groups is 1. The Morgan fingerprint density at radius 2 is 1.81 bits per heavy atom. The lowest BCUT2D eigenvalue weighted by Crippen LogP contribution is -2.51.